The molecule has 0 aliphatic carbocycles. The van der Waals surface area contributed by atoms with Gasteiger partial charge in [-0.1, -0.05) is 24.3 Å². The third kappa shape index (κ3) is 4.48. The average molecular weight is 271 g/mol. The summed E-state index contributed by atoms with van der Waals surface area (Å²) in [5.74, 6) is -0.271. The monoisotopic (exact) mass is 271 g/mol. The number of hydrogen-bond acceptors (Lipinski definition) is 4. The zero-order chi connectivity index (χ0) is 13.6. The van der Waals surface area contributed by atoms with E-state index in [0.29, 0.717) is 6.61 Å². The van der Waals surface area contributed by atoms with Crippen LogP contribution in [-0.2, 0) is 14.8 Å². The van der Waals surface area contributed by atoms with Crippen molar-refractivity contribution in [2.75, 3.05) is 19.8 Å². The highest BCUT2D eigenvalue weighted by molar-refractivity contribution is 7.89. The Labute approximate surface area is 107 Å². The molecule has 0 heterocycles. The van der Waals surface area contributed by atoms with E-state index in [9.17, 15) is 13.5 Å². The van der Waals surface area contributed by atoms with E-state index in [1.807, 2.05) is 6.92 Å². The van der Waals surface area contributed by atoms with Crippen molar-refractivity contribution in [1.82, 2.24) is 4.72 Å². The Bertz CT molecular complexity index is 511. The summed E-state index contributed by atoms with van der Waals surface area (Å²) in [6.45, 7) is 6.28. The minimum atomic E-state index is -3.69. The van der Waals surface area contributed by atoms with Gasteiger partial charge in [-0.2, -0.15) is 0 Å². The topological polar surface area (TPSA) is 75.6 Å². The molecule has 0 saturated carbocycles. The molecular weight excluding hydrogens is 254 g/mol. The number of ether oxygens (including phenoxy) is 1. The number of rotatable bonds is 7. The molecule has 0 aliphatic heterocycles. The van der Waals surface area contributed by atoms with Crippen molar-refractivity contribution in [2.24, 2.45) is 0 Å². The molecule has 0 bridgehead atoms. The lowest BCUT2D eigenvalue weighted by atomic mass is 10.3. The van der Waals surface area contributed by atoms with E-state index < -0.39 is 10.0 Å². The van der Waals surface area contributed by atoms with Gasteiger partial charge >= 0.3 is 0 Å². The maximum absolute atomic E-state index is 11.8. The van der Waals surface area contributed by atoms with Crippen LogP contribution in [0.15, 0.2) is 41.3 Å². The Morgan fingerprint density at radius 2 is 2.11 bits per heavy atom. The van der Waals surface area contributed by atoms with E-state index in [4.69, 9.17) is 4.74 Å². The number of phenols is 1. The number of aromatic hydroxyl groups is 1. The number of benzene rings is 1. The van der Waals surface area contributed by atoms with Gasteiger partial charge in [-0.15, -0.1) is 0 Å². The van der Waals surface area contributed by atoms with Gasteiger partial charge in [0.15, 0.2) is 0 Å². The van der Waals surface area contributed by atoms with Crippen LogP contribution in [0.25, 0.3) is 0 Å². The molecule has 0 aromatic heterocycles. The Balaban J connectivity index is 2.51. The van der Waals surface area contributed by atoms with Crippen molar-refractivity contribution in [3.8, 4) is 5.75 Å². The van der Waals surface area contributed by atoms with Crippen LogP contribution in [0.1, 0.15) is 6.92 Å². The zero-order valence-corrected chi connectivity index (χ0v) is 11.0. The van der Waals surface area contributed by atoms with Gasteiger partial charge in [0.2, 0.25) is 10.0 Å². The Morgan fingerprint density at radius 1 is 1.44 bits per heavy atom. The standard InChI is InChI=1S/C12H17NO4S/c1-10(2)9-17-8-7-13-18(15,16)12-6-4-3-5-11(12)14/h3-6,13-14H,1,7-9H2,2H3. The largest absolute Gasteiger partial charge is 0.507 e. The molecule has 0 spiro atoms. The first-order chi connectivity index (χ1) is 8.43. The maximum Gasteiger partial charge on any atom is 0.244 e. The van der Waals surface area contributed by atoms with Gasteiger partial charge in [0.05, 0.1) is 13.2 Å². The molecule has 0 fully saturated rings. The van der Waals surface area contributed by atoms with Crippen LogP contribution < -0.4 is 4.72 Å². The molecule has 1 rings (SSSR count). The molecule has 1 aromatic rings. The van der Waals surface area contributed by atoms with Gasteiger partial charge < -0.3 is 9.84 Å². The van der Waals surface area contributed by atoms with Crippen LogP contribution >= 0.6 is 0 Å². The van der Waals surface area contributed by atoms with Crippen LogP contribution in [0.2, 0.25) is 0 Å². The molecule has 100 valence electrons. The third-order valence-corrected chi connectivity index (χ3v) is 3.55. The number of para-hydroxylation sites is 1. The quantitative estimate of drug-likeness (QED) is 0.578. The molecule has 2 N–H and O–H groups in total. The van der Waals surface area contributed by atoms with Crippen molar-refractivity contribution < 1.29 is 18.3 Å². The van der Waals surface area contributed by atoms with Crippen molar-refractivity contribution in [3.63, 3.8) is 0 Å². The summed E-state index contributed by atoms with van der Waals surface area (Å²) in [5.41, 5.74) is 0.874. The summed E-state index contributed by atoms with van der Waals surface area (Å²) >= 11 is 0. The summed E-state index contributed by atoms with van der Waals surface area (Å²) in [4.78, 5) is -0.134. The van der Waals surface area contributed by atoms with Crippen LogP contribution in [0.4, 0.5) is 0 Å². The minimum Gasteiger partial charge on any atom is -0.507 e. The van der Waals surface area contributed by atoms with E-state index >= 15 is 0 Å². The number of phenolic OH excluding ortho intramolecular Hbond substituents is 1. The second kappa shape index (κ2) is 6.53. The molecule has 18 heavy (non-hydrogen) atoms. The number of nitrogens with one attached hydrogen (secondary N) is 1. The van der Waals surface area contributed by atoms with Gasteiger partial charge in [0.1, 0.15) is 10.6 Å². The minimum absolute atomic E-state index is 0.134. The van der Waals surface area contributed by atoms with Crippen LogP contribution in [0.5, 0.6) is 5.75 Å². The molecule has 0 aliphatic rings. The fraction of sp³-hybridized carbons (Fsp3) is 0.333. The van der Waals surface area contributed by atoms with Gasteiger partial charge in [-0.05, 0) is 19.1 Å². The van der Waals surface area contributed by atoms with Crippen LogP contribution in [0, 0.1) is 0 Å². The summed E-state index contributed by atoms with van der Waals surface area (Å²) in [5, 5.41) is 9.46. The second-order valence-electron chi connectivity index (χ2n) is 3.88. The van der Waals surface area contributed by atoms with Crippen LogP contribution in [-0.4, -0.2) is 33.3 Å². The first kappa shape index (κ1) is 14.7. The van der Waals surface area contributed by atoms with Gasteiger partial charge in [0.25, 0.3) is 0 Å². The second-order valence-corrected chi connectivity index (χ2v) is 5.61. The van der Waals surface area contributed by atoms with Crippen molar-refractivity contribution >= 4 is 10.0 Å². The normalized spacial score (nSPS) is 11.4. The van der Waals surface area contributed by atoms with E-state index in [0.717, 1.165) is 5.57 Å². The Morgan fingerprint density at radius 3 is 2.72 bits per heavy atom. The van der Waals surface area contributed by atoms with E-state index in [-0.39, 0.29) is 23.8 Å². The third-order valence-electron chi connectivity index (χ3n) is 2.04. The summed E-state index contributed by atoms with van der Waals surface area (Å²) < 4.78 is 31.1. The van der Waals surface area contributed by atoms with Gasteiger partial charge in [-0.3, -0.25) is 0 Å². The maximum atomic E-state index is 11.8. The fourth-order valence-electron chi connectivity index (χ4n) is 1.26. The van der Waals surface area contributed by atoms with Crippen molar-refractivity contribution in [1.29, 1.82) is 0 Å². The highest BCUT2D eigenvalue weighted by Crippen LogP contribution is 2.20. The SMILES string of the molecule is C=C(C)COCCNS(=O)(=O)c1ccccc1O. The predicted octanol–water partition coefficient (Wildman–Crippen LogP) is 1.26. The molecule has 0 saturated heterocycles. The van der Waals surface area contributed by atoms with E-state index in [2.05, 4.69) is 11.3 Å². The summed E-state index contributed by atoms with van der Waals surface area (Å²) in [7, 11) is -3.69. The summed E-state index contributed by atoms with van der Waals surface area (Å²) in [6.07, 6.45) is 0. The first-order valence-corrected chi connectivity index (χ1v) is 6.91. The lowest BCUT2D eigenvalue weighted by Gasteiger charge is -2.08. The average Bonchev–Trinajstić information content (AvgIpc) is 2.28. The molecule has 1 aromatic carbocycles. The Hall–Kier alpha value is -1.37. The molecule has 0 amide bonds. The van der Waals surface area contributed by atoms with Gasteiger partial charge in [-0.25, -0.2) is 13.1 Å². The smallest absolute Gasteiger partial charge is 0.244 e. The Kier molecular flexibility index (Phi) is 5.33. The molecular formula is C12H17NO4S. The lowest BCUT2D eigenvalue weighted by Crippen LogP contribution is -2.27. The molecule has 0 unspecified atom stereocenters. The number of sulfonamides is 1. The predicted molar refractivity (Wildman–Crippen MR) is 68.9 cm³/mol. The molecule has 0 radical (unpaired) electrons. The summed E-state index contributed by atoms with van der Waals surface area (Å²) in [6, 6.07) is 5.77. The molecule has 0 atom stereocenters. The van der Waals surface area contributed by atoms with E-state index in [1.165, 1.54) is 12.1 Å². The highest BCUT2D eigenvalue weighted by atomic mass is 32.2. The van der Waals surface area contributed by atoms with Crippen molar-refractivity contribution in [3.05, 3.63) is 36.4 Å². The fourth-order valence-corrected chi connectivity index (χ4v) is 2.37. The highest BCUT2D eigenvalue weighted by Gasteiger charge is 2.16. The number of hydrogen-bond donors (Lipinski definition) is 2. The first-order valence-electron chi connectivity index (χ1n) is 5.43. The van der Waals surface area contributed by atoms with Gasteiger partial charge in [0, 0.05) is 6.54 Å². The van der Waals surface area contributed by atoms with E-state index in [1.54, 1.807) is 12.1 Å². The van der Waals surface area contributed by atoms with Crippen LogP contribution in [0.3, 0.4) is 0 Å². The lowest BCUT2D eigenvalue weighted by molar-refractivity contribution is 0.162. The van der Waals surface area contributed by atoms with Crippen molar-refractivity contribution in [2.45, 2.75) is 11.8 Å². The molecule has 6 heteroatoms. The zero-order valence-electron chi connectivity index (χ0n) is 10.2. The molecule has 5 nitrogen and oxygen atoms in total.